The number of hydrogen-bond acceptors (Lipinski definition) is 2. The molecule has 1 aliphatic rings. The van der Waals surface area contributed by atoms with E-state index in [0.29, 0.717) is 6.61 Å². The highest BCUT2D eigenvalue weighted by Gasteiger charge is 2.36. The van der Waals surface area contributed by atoms with Gasteiger partial charge in [-0.3, -0.25) is 0 Å². The van der Waals surface area contributed by atoms with Crippen LogP contribution in [-0.4, -0.2) is 11.7 Å². The van der Waals surface area contributed by atoms with E-state index in [1.807, 2.05) is 0 Å². The van der Waals surface area contributed by atoms with Gasteiger partial charge in [0.05, 0.1) is 0 Å². The largest absolute Gasteiger partial charge is 0.527 e. The van der Waals surface area contributed by atoms with Crippen LogP contribution in [0.1, 0.15) is 6.42 Å². The molecule has 0 aromatic carbocycles. The molecule has 0 saturated carbocycles. The van der Waals surface area contributed by atoms with Crippen LogP contribution in [0.15, 0.2) is 0 Å². The highest BCUT2D eigenvalue weighted by Crippen LogP contribution is 2.40. The van der Waals surface area contributed by atoms with E-state index in [4.69, 9.17) is 11.6 Å². The lowest BCUT2D eigenvalue weighted by Crippen LogP contribution is -1.80. The summed E-state index contributed by atoms with van der Waals surface area (Å²) in [6.45, 7) is 0.559. The van der Waals surface area contributed by atoms with Crippen molar-refractivity contribution in [2.45, 2.75) is 11.5 Å². The normalized spacial score (nSPS) is 36.7. The van der Waals surface area contributed by atoms with Gasteiger partial charge in [-0.2, -0.15) is 0 Å². The van der Waals surface area contributed by atoms with Crippen LogP contribution in [0.4, 0.5) is 0 Å². The monoisotopic (exact) mass is 139 g/mol. The molecular formula is C3H5ClO2P+. The topological polar surface area (TPSA) is 26.3 Å². The summed E-state index contributed by atoms with van der Waals surface area (Å²) in [5.74, 6) is 0. The molecule has 2 nitrogen and oxygen atoms in total. The summed E-state index contributed by atoms with van der Waals surface area (Å²) in [6.07, 6.45) is 0.733. The molecular weight excluding hydrogens is 134 g/mol. The van der Waals surface area contributed by atoms with E-state index in [1.165, 1.54) is 0 Å². The molecule has 2 atom stereocenters. The highest BCUT2D eigenvalue weighted by atomic mass is 35.5. The molecule has 40 valence electrons. The molecule has 1 rings (SSSR count). The van der Waals surface area contributed by atoms with Crippen molar-refractivity contribution in [3.8, 4) is 0 Å². The minimum atomic E-state index is -1.51. The summed E-state index contributed by atoms with van der Waals surface area (Å²) < 4.78 is 15.0. The average Bonchev–Trinajstić information content (AvgIpc) is 1.91. The Morgan fingerprint density at radius 2 is 2.57 bits per heavy atom. The summed E-state index contributed by atoms with van der Waals surface area (Å²) in [7, 11) is -1.51. The molecule has 0 radical (unpaired) electrons. The lowest BCUT2D eigenvalue weighted by molar-refractivity contribution is 0.364. The Hall–Kier alpha value is 0.350. The van der Waals surface area contributed by atoms with Crippen molar-refractivity contribution in [2.75, 3.05) is 6.61 Å². The van der Waals surface area contributed by atoms with Crippen LogP contribution in [0.3, 0.4) is 0 Å². The molecule has 1 heterocycles. The predicted molar refractivity (Wildman–Crippen MR) is 27.8 cm³/mol. The van der Waals surface area contributed by atoms with Gasteiger partial charge in [-0.25, -0.2) is 0 Å². The fourth-order valence-electron chi connectivity index (χ4n) is 0.426. The zero-order valence-corrected chi connectivity index (χ0v) is 5.28. The van der Waals surface area contributed by atoms with E-state index in [9.17, 15) is 4.57 Å². The maximum atomic E-state index is 10.4. The van der Waals surface area contributed by atoms with Crippen molar-refractivity contribution < 1.29 is 9.09 Å². The fourth-order valence-corrected chi connectivity index (χ4v) is 1.45. The Kier molecular flexibility index (Phi) is 1.63. The molecule has 2 unspecified atom stereocenters. The maximum absolute atomic E-state index is 10.4. The standard InChI is InChI=1S/C3H5ClO2P/c4-3-1-2-6-7(3)5/h3H,1-2H2/q+1. The Bertz CT molecular complexity index is 94.9. The molecule has 0 aromatic heterocycles. The van der Waals surface area contributed by atoms with Crippen molar-refractivity contribution in [3.05, 3.63) is 0 Å². The molecule has 0 N–H and O–H groups in total. The summed E-state index contributed by atoms with van der Waals surface area (Å²) in [6, 6.07) is 0. The molecule has 0 bridgehead atoms. The summed E-state index contributed by atoms with van der Waals surface area (Å²) in [4.78, 5) is 0. The third-order valence-corrected chi connectivity index (χ3v) is 2.65. The van der Waals surface area contributed by atoms with Gasteiger partial charge >= 0.3 is 8.03 Å². The lowest BCUT2D eigenvalue weighted by Gasteiger charge is -1.71. The first-order chi connectivity index (χ1) is 3.30. The molecule has 0 spiro atoms. The van der Waals surface area contributed by atoms with Crippen LogP contribution in [0.25, 0.3) is 0 Å². The zero-order chi connectivity index (χ0) is 5.28. The number of rotatable bonds is 0. The molecule has 0 aliphatic carbocycles. The lowest BCUT2D eigenvalue weighted by atomic mass is 10.5. The summed E-state index contributed by atoms with van der Waals surface area (Å²) >= 11 is 5.45. The Balaban J connectivity index is 2.48. The first-order valence-electron chi connectivity index (χ1n) is 2.04. The molecule has 0 aromatic rings. The number of alkyl halides is 1. The molecule has 1 fully saturated rings. The van der Waals surface area contributed by atoms with Crippen molar-refractivity contribution in [2.24, 2.45) is 0 Å². The third-order valence-electron chi connectivity index (χ3n) is 0.803. The molecule has 0 amide bonds. The second-order valence-corrected chi connectivity index (χ2v) is 3.63. The van der Waals surface area contributed by atoms with Crippen LogP contribution < -0.4 is 0 Å². The molecule has 7 heavy (non-hydrogen) atoms. The van der Waals surface area contributed by atoms with Gasteiger partial charge in [0.15, 0.2) is 0 Å². The van der Waals surface area contributed by atoms with Crippen molar-refractivity contribution in [1.82, 2.24) is 0 Å². The van der Waals surface area contributed by atoms with Crippen LogP contribution in [0, 0.1) is 0 Å². The predicted octanol–water partition coefficient (Wildman–Crippen LogP) is 1.71. The van der Waals surface area contributed by atoms with Gasteiger partial charge in [-0.1, -0.05) is 11.6 Å². The fraction of sp³-hybridized carbons (Fsp3) is 1.00. The van der Waals surface area contributed by atoms with Gasteiger partial charge in [-0.15, -0.1) is 4.52 Å². The molecule has 1 saturated heterocycles. The van der Waals surface area contributed by atoms with Crippen molar-refractivity contribution >= 4 is 19.6 Å². The Morgan fingerprint density at radius 3 is 2.71 bits per heavy atom. The highest BCUT2D eigenvalue weighted by molar-refractivity contribution is 7.42. The van der Waals surface area contributed by atoms with Crippen LogP contribution in [-0.2, 0) is 9.09 Å². The van der Waals surface area contributed by atoms with Gasteiger partial charge < -0.3 is 0 Å². The minimum Gasteiger partial charge on any atom is -0.145 e. The van der Waals surface area contributed by atoms with Gasteiger partial charge in [0.2, 0.25) is 0 Å². The van der Waals surface area contributed by atoms with E-state index in [1.54, 1.807) is 0 Å². The van der Waals surface area contributed by atoms with Crippen LogP contribution in [0.2, 0.25) is 0 Å². The van der Waals surface area contributed by atoms with Gasteiger partial charge in [0, 0.05) is 6.42 Å². The first kappa shape index (κ1) is 5.49. The summed E-state index contributed by atoms with van der Waals surface area (Å²) in [5, 5.41) is -0.227. The first-order valence-corrected chi connectivity index (χ1v) is 3.72. The quantitative estimate of drug-likeness (QED) is 0.377. The minimum absolute atomic E-state index is 0.227. The smallest absolute Gasteiger partial charge is 0.145 e. The molecule has 1 aliphatic heterocycles. The van der Waals surface area contributed by atoms with E-state index in [0.717, 1.165) is 6.42 Å². The SMILES string of the molecule is O=[P+]1OCCC1Cl. The van der Waals surface area contributed by atoms with E-state index in [2.05, 4.69) is 4.52 Å². The second kappa shape index (κ2) is 2.08. The maximum Gasteiger partial charge on any atom is 0.527 e. The third kappa shape index (κ3) is 1.12. The van der Waals surface area contributed by atoms with Gasteiger partial charge in [0.25, 0.3) is 5.12 Å². The van der Waals surface area contributed by atoms with Crippen LogP contribution in [0.5, 0.6) is 0 Å². The van der Waals surface area contributed by atoms with Gasteiger partial charge in [-0.05, 0) is 4.57 Å². The Morgan fingerprint density at radius 1 is 1.86 bits per heavy atom. The van der Waals surface area contributed by atoms with Gasteiger partial charge in [0.1, 0.15) is 6.61 Å². The second-order valence-electron chi connectivity index (χ2n) is 1.34. The van der Waals surface area contributed by atoms with E-state index in [-0.39, 0.29) is 5.12 Å². The van der Waals surface area contributed by atoms with Crippen molar-refractivity contribution in [1.29, 1.82) is 0 Å². The zero-order valence-electron chi connectivity index (χ0n) is 3.63. The Labute approximate surface area is 47.7 Å². The molecule has 4 heteroatoms. The van der Waals surface area contributed by atoms with E-state index < -0.39 is 8.03 Å². The van der Waals surface area contributed by atoms with E-state index >= 15 is 0 Å². The van der Waals surface area contributed by atoms with Crippen molar-refractivity contribution in [3.63, 3.8) is 0 Å². The summed E-state index contributed by atoms with van der Waals surface area (Å²) in [5.41, 5.74) is 0. The van der Waals surface area contributed by atoms with Crippen LogP contribution >= 0.6 is 19.6 Å². The number of halogens is 1. The average molecular weight is 139 g/mol. The number of hydrogen-bond donors (Lipinski definition) is 0.